The lowest BCUT2D eigenvalue weighted by molar-refractivity contribution is 0.0982. The van der Waals surface area contributed by atoms with Gasteiger partial charge in [0, 0.05) is 63.1 Å². The highest BCUT2D eigenvalue weighted by atomic mass is 16.5. The minimum atomic E-state index is -0.216. The molecule has 2 aliphatic heterocycles. The molecule has 216 valence electrons. The Hall–Kier alpha value is -3.13. The number of aromatic nitrogens is 2. The summed E-state index contributed by atoms with van der Waals surface area (Å²) in [6.45, 7) is 8.74. The van der Waals surface area contributed by atoms with Crippen molar-refractivity contribution >= 4 is 23.0 Å². The molecule has 2 saturated heterocycles. The molecule has 3 N–H and O–H groups in total. The standard InChI is InChI=1S/C30H44N8O2/c1-4-25-29(32-21-5-8-24(39)9-6-21)35-30(27(20-31)33-25)34-26-10-7-23(19-28(26)40-3)37-13-11-22(12-14-37)38-17-15-36(2)16-18-38/h7,10,19,21-22,24,39H,4-6,8-9,11-18H2,1-3H3,(H2,32,34,35)/t21-,24-. The van der Waals surface area contributed by atoms with Crippen LogP contribution in [-0.2, 0) is 6.42 Å². The number of aliphatic hydroxyl groups excluding tert-OH is 1. The summed E-state index contributed by atoms with van der Waals surface area (Å²) in [6.07, 6.45) is 6.14. The molecule has 3 heterocycles. The Bertz CT molecular complexity index is 1180. The molecule has 1 aromatic carbocycles. The Balaban J connectivity index is 1.28. The fourth-order valence-corrected chi connectivity index (χ4v) is 6.19. The number of ether oxygens (including phenoxy) is 1. The summed E-state index contributed by atoms with van der Waals surface area (Å²) >= 11 is 0. The van der Waals surface area contributed by atoms with Gasteiger partial charge >= 0.3 is 0 Å². The van der Waals surface area contributed by atoms with Crippen molar-refractivity contribution in [2.75, 3.05) is 69.0 Å². The number of benzene rings is 1. The summed E-state index contributed by atoms with van der Waals surface area (Å²) in [5.41, 5.74) is 2.93. The number of piperidine rings is 1. The van der Waals surface area contributed by atoms with E-state index in [-0.39, 0.29) is 17.8 Å². The van der Waals surface area contributed by atoms with Gasteiger partial charge in [0.05, 0.1) is 24.6 Å². The molecule has 0 unspecified atom stereocenters. The van der Waals surface area contributed by atoms with Crippen molar-refractivity contribution in [3.8, 4) is 11.8 Å². The van der Waals surface area contributed by atoms with Crippen molar-refractivity contribution in [3.63, 3.8) is 0 Å². The predicted octanol–water partition coefficient (Wildman–Crippen LogP) is 3.59. The number of piperazine rings is 1. The van der Waals surface area contributed by atoms with Crippen LogP contribution in [-0.4, -0.2) is 96.5 Å². The number of nitrogens with zero attached hydrogens (tertiary/aromatic N) is 6. The quantitative estimate of drug-likeness (QED) is 0.452. The highest BCUT2D eigenvalue weighted by Gasteiger charge is 2.27. The number of likely N-dealkylation sites (N-methyl/N-ethyl adjacent to an activating group) is 1. The van der Waals surface area contributed by atoms with E-state index in [4.69, 9.17) is 9.72 Å². The smallest absolute Gasteiger partial charge is 0.183 e. The Morgan fingerprint density at radius 3 is 2.38 bits per heavy atom. The molecule has 0 bridgehead atoms. The van der Waals surface area contributed by atoms with Gasteiger partial charge in [-0.25, -0.2) is 9.97 Å². The van der Waals surface area contributed by atoms with E-state index in [0.717, 1.165) is 68.9 Å². The van der Waals surface area contributed by atoms with Crippen LogP contribution in [0.3, 0.4) is 0 Å². The topological polar surface area (TPSA) is 113 Å². The van der Waals surface area contributed by atoms with Gasteiger partial charge < -0.3 is 30.3 Å². The van der Waals surface area contributed by atoms with Crippen LogP contribution in [0.25, 0.3) is 0 Å². The molecule has 10 nitrogen and oxygen atoms in total. The van der Waals surface area contributed by atoms with E-state index in [1.54, 1.807) is 7.11 Å². The second kappa shape index (κ2) is 13.0. The van der Waals surface area contributed by atoms with Crippen LogP contribution in [0, 0.1) is 11.3 Å². The summed E-state index contributed by atoms with van der Waals surface area (Å²) in [7, 11) is 3.88. The lowest BCUT2D eigenvalue weighted by atomic mass is 9.93. The van der Waals surface area contributed by atoms with Gasteiger partial charge in [-0.15, -0.1) is 0 Å². The lowest BCUT2D eigenvalue weighted by Crippen LogP contribution is -2.52. The van der Waals surface area contributed by atoms with E-state index in [1.165, 1.54) is 25.9 Å². The SMILES string of the molecule is CCc1nc(C#N)c(Nc2ccc(N3CCC(N4CCN(C)CC4)CC3)cc2OC)nc1N[C@H]1CC[C@H](O)CC1. The zero-order valence-electron chi connectivity index (χ0n) is 24.2. The zero-order chi connectivity index (χ0) is 28.1. The Labute approximate surface area is 238 Å². The molecule has 1 aromatic heterocycles. The Morgan fingerprint density at radius 1 is 1.00 bits per heavy atom. The number of aryl methyl sites for hydroxylation is 1. The molecular weight excluding hydrogens is 504 g/mol. The van der Waals surface area contributed by atoms with Crippen LogP contribution >= 0.6 is 0 Å². The summed E-state index contributed by atoms with van der Waals surface area (Å²) in [6, 6.07) is 9.31. The number of hydrogen-bond donors (Lipinski definition) is 3. The minimum absolute atomic E-state index is 0.216. The summed E-state index contributed by atoms with van der Waals surface area (Å²) in [4.78, 5) is 17.0. The van der Waals surface area contributed by atoms with Gasteiger partial charge in [-0.1, -0.05) is 6.92 Å². The van der Waals surface area contributed by atoms with Crippen LogP contribution in [0.1, 0.15) is 56.8 Å². The molecule has 0 spiro atoms. The van der Waals surface area contributed by atoms with Gasteiger partial charge in [-0.3, -0.25) is 4.90 Å². The van der Waals surface area contributed by atoms with Crippen LogP contribution < -0.4 is 20.3 Å². The van der Waals surface area contributed by atoms with Gasteiger partial charge in [0.25, 0.3) is 0 Å². The third-order valence-electron chi connectivity index (χ3n) is 8.77. The zero-order valence-corrected chi connectivity index (χ0v) is 24.2. The first-order valence-corrected chi connectivity index (χ1v) is 14.9. The van der Waals surface area contributed by atoms with Crippen LogP contribution in [0.15, 0.2) is 18.2 Å². The van der Waals surface area contributed by atoms with Crippen LogP contribution in [0.5, 0.6) is 5.75 Å². The average molecular weight is 549 g/mol. The molecule has 0 radical (unpaired) electrons. The molecule has 3 fully saturated rings. The molecule has 0 amide bonds. The first kappa shape index (κ1) is 28.4. The van der Waals surface area contributed by atoms with Crippen molar-refractivity contribution < 1.29 is 9.84 Å². The third kappa shape index (κ3) is 6.60. The van der Waals surface area contributed by atoms with Gasteiger partial charge in [-0.2, -0.15) is 5.26 Å². The monoisotopic (exact) mass is 548 g/mol. The Morgan fingerprint density at radius 2 is 1.73 bits per heavy atom. The van der Waals surface area contributed by atoms with E-state index in [9.17, 15) is 10.4 Å². The van der Waals surface area contributed by atoms with E-state index in [0.29, 0.717) is 29.8 Å². The fraction of sp³-hybridized carbons (Fsp3) is 0.633. The highest BCUT2D eigenvalue weighted by molar-refractivity contribution is 5.71. The van der Waals surface area contributed by atoms with Crippen molar-refractivity contribution in [2.45, 2.75) is 70.1 Å². The normalized spacial score (nSPS) is 23.0. The van der Waals surface area contributed by atoms with Crippen LogP contribution in [0.2, 0.25) is 0 Å². The first-order chi connectivity index (χ1) is 19.5. The number of nitrogens with one attached hydrogen (secondary N) is 2. The van der Waals surface area contributed by atoms with Crippen molar-refractivity contribution in [3.05, 3.63) is 29.6 Å². The maximum absolute atomic E-state index is 9.88. The first-order valence-electron chi connectivity index (χ1n) is 14.9. The molecule has 1 saturated carbocycles. The lowest BCUT2D eigenvalue weighted by Gasteiger charge is -2.42. The number of rotatable bonds is 8. The largest absolute Gasteiger partial charge is 0.494 e. The number of methoxy groups -OCH3 is 1. The molecule has 0 atom stereocenters. The maximum atomic E-state index is 9.88. The second-order valence-electron chi connectivity index (χ2n) is 11.4. The molecular formula is C30H44N8O2. The summed E-state index contributed by atoms with van der Waals surface area (Å²) in [5, 5.41) is 26.6. The Kier molecular flexibility index (Phi) is 9.25. The van der Waals surface area contributed by atoms with E-state index >= 15 is 0 Å². The molecule has 1 aliphatic carbocycles. The number of aliphatic hydroxyl groups is 1. The van der Waals surface area contributed by atoms with Crippen molar-refractivity contribution in [1.29, 1.82) is 5.26 Å². The van der Waals surface area contributed by atoms with Gasteiger partial charge in [-0.05, 0) is 64.1 Å². The molecule has 10 heteroatoms. The highest BCUT2D eigenvalue weighted by Crippen LogP contribution is 2.34. The van der Waals surface area contributed by atoms with Gasteiger partial charge in [0.1, 0.15) is 11.8 Å². The number of nitriles is 1. The van der Waals surface area contributed by atoms with E-state index < -0.39 is 0 Å². The number of hydrogen-bond acceptors (Lipinski definition) is 10. The molecule has 40 heavy (non-hydrogen) atoms. The molecule has 5 rings (SSSR count). The third-order valence-corrected chi connectivity index (χ3v) is 8.77. The minimum Gasteiger partial charge on any atom is -0.494 e. The second-order valence-corrected chi connectivity index (χ2v) is 11.4. The summed E-state index contributed by atoms with van der Waals surface area (Å²) < 4.78 is 5.78. The molecule has 2 aromatic rings. The van der Waals surface area contributed by atoms with Crippen molar-refractivity contribution in [1.82, 2.24) is 19.8 Å². The van der Waals surface area contributed by atoms with E-state index in [2.05, 4.69) is 55.6 Å². The van der Waals surface area contributed by atoms with Gasteiger partial charge in [0.2, 0.25) is 0 Å². The fourth-order valence-electron chi connectivity index (χ4n) is 6.19. The average Bonchev–Trinajstić information content (AvgIpc) is 2.99. The van der Waals surface area contributed by atoms with Crippen molar-refractivity contribution in [2.24, 2.45) is 0 Å². The van der Waals surface area contributed by atoms with E-state index in [1.807, 2.05) is 13.0 Å². The number of anilines is 4. The predicted molar refractivity (Wildman–Crippen MR) is 159 cm³/mol. The summed E-state index contributed by atoms with van der Waals surface area (Å²) in [5.74, 6) is 1.82. The molecule has 3 aliphatic rings. The van der Waals surface area contributed by atoms with Gasteiger partial charge in [0.15, 0.2) is 17.3 Å². The maximum Gasteiger partial charge on any atom is 0.183 e. The van der Waals surface area contributed by atoms with Crippen LogP contribution in [0.4, 0.5) is 23.0 Å².